The predicted molar refractivity (Wildman–Crippen MR) is 76.3 cm³/mol. The van der Waals surface area contributed by atoms with Crippen LogP contribution in [0.1, 0.15) is 5.56 Å². The van der Waals surface area contributed by atoms with Crippen LogP contribution in [0.15, 0.2) is 54.9 Å². The number of benzene rings is 2. The molecule has 0 fully saturated rings. The van der Waals surface area contributed by atoms with Crippen molar-refractivity contribution >= 4 is 16.5 Å². The zero-order valence-corrected chi connectivity index (χ0v) is 10.2. The van der Waals surface area contributed by atoms with E-state index in [2.05, 4.69) is 42.2 Å². The molecule has 0 aliphatic rings. The lowest BCUT2D eigenvalue weighted by atomic mass is 9.97. The second-order valence-corrected chi connectivity index (χ2v) is 4.47. The lowest BCUT2D eigenvalue weighted by molar-refractivity contribution is 1.35. The number of aryl methyl sites for hydroxylation is 1. The van der Waals surface area contributed by atoms with Gasteiger partial charge in [0, 0.05) is 23.5 Å². The van der Waals surface area contributed by atoms with Gasteiger partial charge in [0.05, 0.1) is 0 Å². The van der Waals surface area contributed by atoms with Crippen LogP contribution in [0.5, 0.6) is 0 Å². The van der Waals surface area contributed by atoms with Gasteiger partial charge in [0.15, 0.2) is 0 Å². The minimum absolute atomic E-state index is 0.789. The van der Waals surface area contributed by atoms with E-state index in [4.69, 9.17) is 5.73 Å². The summed E-state index contributed by atoms with van der Waals surface area (Å²) < 4.78 is 0. The van der Waals surface area contributed by atoms with Crippen molar-refractivity contribution in [2.24, 2.45) is 0 Å². The highest BCUT2D eigenvalue weighted by Gasteiger charge is 2.05. The second kappa shape index (κ2) is 4.15. The number of rotatable bonds is 1. The fraction of sp³-hybridized carbons (Fsp3) is 0.0625. The highest BCUT2D eigenvalue weighted by molar-refractivity contribution is 5.98. The number of nitrogens with zero attached hydrogens (tertiary/aromatic N) is 1. The van der Waals surface area contributed by atoms with Crippen molar-refractivity contribution in [3.8, 4) is 11.1 Å². The van der Waals surface area contributed by atoms with Gasteiger partial charge in [-0.25, -0.2) is 0 Å². The molecule has 2 heteroatoms. The van der Waals surface area contributed by atoms with Crippen LogP contribution in [0.3, 0.4) is 0 Å². The van der Waals surface area contributed by atoms with Crippen molar-refractivity contribution in [3.05, 3.63) is 60.4 Å². The first-order valence-electron chi connectivity index (χ1n) is 5.95. The van der Waals surface area contributed by atoms with E-state index < -0.39 is 0 Å². The number of nitrogens with two attached hydrogens (primary N) is 1. The molecule has 1 aromatic heterocycles. The summed E-state index contributed by atoms with van der Waals surface area (Å²) >= 11 is 0. The van der Waals surface area contributed by atoms with E-state index in [-0.39, 0.29) is 0 Å². The third kappa shape index (κ3) is 1.72. The molecule has 3 rings (SSSR count). The monoisotopic (exact) mass is 234 g/mol. The van der Waals surface area contributed by atoms with Gasteiger partial charge in [0.1, 0.15) is 0 Å². The molecule has 1 heterocycles. The Hall–Kier alpha value is -2.35. The van der Waals surface area contributed by atoms with Crippen LogP contribution in [-0.2, 0) is 0 Å². The average molecular weight is 234 g/mol. The Balaban J connectivity index is 2.30. The van der Waals surface area contributed by atoms with E-state index in [9.17, 15) is 0 Å². The molecular weight excluding hydrogens is 220 g/mol. The quantitative estimate of drug-likeness (QED) is 0.650. The molecule has 0 saturated heterocycles. The Labute approximate surface area is 106 Å². The van der Waals surface area contributed by atoms with Gasteiger partial charge in [0.25, 0.3) is 0 Å². The maximum absolute atomic E-state index is 5.73. The fourth-order valence-corrected chi connectivity index (χ4v) is 2.25. The Morgan fingerprint density at radius 2 is 1.67 bits per heavy atom. The molecule has 0 amide bonds. The molecule has 0 aliphatic carbocycles. The Bertz CT molecular complexity index is 700. The molecule has 2 nitrogen and oxygen atoms in total. The number of nitrogen functional groups attached to an aromatic ring is 1. The van der Waals surface area contributed by atoms with Gasteiger partial charge in [-0.05, 0) is 47.2 Å². The summed E-state index contributed by atoms with van der Waals surface area (Å²) in [4.78, 5) is 4.20. The van der Waals surface area contributed by atoms with Gasteiger partial charge in [-0.3, -0.25) is 4.98 Å². The van der Waals surface area contributed by atoms with Crippen molar-refractivity contribution in [1.29, 1.82) is 0 Å². The van der Waals surface area contributed by atoms with Crippen LogP contribution >= 0.6 is 0 Å². The summed E-state index contributed by atoms with van der Waals surface area (Å²) in [6.07, 6.45) is 3.76. The number of fused-ring (bicyclic) bond motifs is 1. The predicted octanol–water partition coefficient (Wildman–Crippen LogP) is 3.79. The first-order chi connectivity index (χ1) is 8.75. The van der Waals surface area contributed by atoms with Gasteiger partial charge in [-0.15, -0.1) is 0 Å². The van der Waals surface area contributed by atoms with Crippen LogP contribution in [0.4, 0.5) is 5.69 Å². The topological polar surface area (TPSA) is 38.9 Å². The summed E-state index contributed by atoms with van der Waals surface area (Å²) in [5, 5.41) is 2.43. The van der Waals surface area contributed by atoms with Crippen molar-refractivity contribution < 1.29 is 0 Å². The fourth-order valence-electron chi connectivity index (χ4n) is 2.25. The van der Waals surface area contributed by atoms with Crippen molar-refractivity contribution in [3.63, 3.8) is 0 Å². The number of hydrogen-bond donors (Lipinski definition) is 1. The maximum Gasteiger partial charge on any atom is 0.0349 e. The summed E-state index contributed by atoms with van der Waals surface area (Å²) in [6, 6.07) is 14.3. The number of anilines is 1. The van der Waals surface area contributed by atoms with Gasteiger partial charge in [-0.2, -0.15) is 0 Å². The molecule has 3 aromatic rings. The molecule has 0 atom stereocenters. The average Bonchev–Trinajstić information content (AvgIpc) is 2.41. The van der Waals surface area contributed by atoms with E-state index in [0.29, 0.717) is 0 Å². The van der Waals surface area contributed by atoms with Gasteiger partial charge in [-0.1, -0.05) is 24.3 Å². The maximum atomic E-state index is 5.73. The molecular formula is C16H14N2. The summed E-state index contributed by atoms with van der Waals surface area (Å²) in [6.45, 7) is 2.11. The second-order valence-electron chi connectivity index (χ2n) is 4.47. The largest absolute Gasteiger partial charge is 0.399 e. The van der Waals surface area contributed by atoms with Crippen molar-refractivity contribution in [2.45, 2.75) is 6.92 Å². The first-order valence-corrected chi connectivity index (χ1v) is 5.95. The molecule has 18 heavy (non-hydrogen) atoms. The highest BCUT2D eigenvalue weighted by Crippen LogP contribution is 2.30. The molecule has 2 aromatic carbocycles. The van der Waals surface area contributed by atoms with Crippen molar-refractivity contribution in [2.75, 3.05) is 5.73 Å². The molecule has 0 saturated carbocycles. The third-order valence-corrected chi connectivity index (χ3v) is 3.26. The summed E-state index contributed by atoms with van der Waals surface area (Å²) in [5.74, 6) is 0. The van der Waals surface area contributed by atoms with Crippen molar-refractivity contribution in [1.82, 2.24) is 4.98 Å². The molecule has 0 unspecified atom stereocenters. The molecule has 0 radical (unpaired) electrons. The molecule has 0 aliphatic heterocycles. The number of aromatic nitrogens is 1. The Morgan fingerprint density at radius 1 is 0.889 bits per heavy atom. The molecule has 0 bridgehead atoms. The lowest BCUT2D eigenvalue weighted by Crippen LogP contribution is -1.87. The minimum Gasteiger partial charge on any atom is -0.399 e. The van der Waals surface area contributed by atoms with E-state index in [1.54, 1.807) is 0 Å². The molecule has 0 spiro atoms. The van der Waals surface area contributed by atoms with E-state index in [0.717, 1.165) is 5.69 Å². The summed E-state index contributed by atoms with van der Waals surface area (Å²) in [7, 11) is 0. The van der Waals surface area contributed by atoms with E-state index in [1.807, 2.05) is 24.5 Å². The highest BCUT2D eigenvalue weighted by atomic mass is 14.6. The van der Waals surface area contributed by atoms with Crippen LogP contribution in [-0.4, -0.2) is 4.98 Å². The van der Waals surface area contributed by atoms with Gasteiger partial charge in [0.2, 0.25) is 0 Å². The SMILES string of the molecule is Cc1ccc(-c2ccc(N)cc2)c2ccncc12. The number of hydrogen-bond acceptors (Lipinski definition) is 2. The van der Waals surface area contributed by atoms with Crippen LogP contribution in [0, 0.1) is 6.92 Å². The van der Waals surface area contributed by atoms with Crippen LogP contribution < -0.4 is 5.73 Å². The number of pyridine rings is 1. The zero-order chi connectivity index (χ0) is 12.5. The van der Waals surface area contributed by atoms with Crippen LogP contribution in [0.2, 0.25) is 0 Å². The van der Waals surface area contributed by atoms with Crippen LogP contribution in [0.25, 0.3) is 21.9 Å². The van der Waals surface area contributed by atoms with Gasteiger partial charge >= 0.3 is 0 Å². The smallest absolute Gasteiger partial charge is 0.0349 e. The van der Waals surface area contributed by atoms with E-state index in [1.165, 1.54) is 27.5 Å². The zero-order valence-electron chi connectivity index (χ0n) is 10.2. The summed E-state index contributed by atoms with van der Waals surface area (Å²) in [5.41, 5.74) is 10.2. The first kappa shape index (κ1) is 10.8. The third-order valence-electron chi connectivity index (χ3n) is 3.26. The molecule has 88 valence electrons. The van der Waals surface area contributed by atoms with Gasteiger partial charge < -0.3 is 5.73 Å². The minimum atomic E-state index is 0.789. The standard InChI is InChI=1S/C16H14N2/c1-11-2-7-14(12-3-5-13(17)6-4-12)15-8-9-18-10-16(11)15/h2-10H,17H2,1H3. The Morgan fingerprint density at radius 3 is 2.44 bits per heavy atom. The Kier molecular flexibility index (Phi) is 2.49. The van der Waals surface area contributed by atoms with E-state index >= 15 is 0 Å². The normalized spacial score (nSPS) is 10.7. The molecule has 2 N–H and O–H groups in total. The lowest BCUT2D eigenvalue weighted by Gasteiger charge is -2.09.